The highest BCUT2D eigenvalue weighted by Crippen LogP contribution is 2.27. The second-order valence-electron chi connectivity index (χ2n) is 7.26. The number of sulfonamides is 2. The molecule has 3 aromatic rings. The molecule has 0 bridgehead atoms. The van der Waals surface area contributed by atoms with Crippen molar-refractivity contribution in [1.82, 2.24) is 3.71 Å². The standard InChI is InChI=1S/C23H23NO6S2/c1-17-4-12-21(13-5-17)31(26,27)24(32(28,29)22-14-6-18(2)7-15-22)16-19-8-10-20(11-9-19)23(25)30-3/h4-15H,16H2,1-3H3. The van der Waals surface area contributed by atoms with E-state index in [1.807, 2.05) is 0 Å². The molecule has 168 valence electrons. The number of nitrogens with zero attached hydrogens (tertiary/aromatic N) is 1. The van der Waals surface area contributed by atoms with Gasteiger partial charge in [-0.15, -0.1) is 0 Å². The van der Waals surface area contributed by atoms with E-state index in [1.54, 1.807) is 38.1 Å². The average molecular weight is 474 g/mol. The van der Waals surface area contributed by atoms with Crippen molar-refractivity contribution >= 4 is 26.0 Å². The first-order valence-corrected chi connectivity index (χ1v) is 12.5. The second-order valence-corrected chi connectivity index (χ2v) is 11.2. The lowest BCUT2D eigenvalue weighted by Crippen LogP contribution is -2.36. The lowest BCUT2D eigenvalue weighted by Gasteiger charge is -2.22. The fourth-order valence-electron chi connectivity index (χ4n) is 2.97. The maximum absolute atomic E-state index is 13.4. The number of hydrogen-bond acceptors (Lipinski definition) is 6. The van der Waals surface area contributed by atoms with Crippen LogP contribution in [-0.2, 0) is 31.3 Å². The highest BCUT2D eigenvalue weighted by molar-refractivity contribution is 8.04. The van der Waals surface area contributed by atoms with Crippen molar-refractivity contribution < 1.29 is 26.4 Å². The maximum atomic E-state index is 13.4. The summed E-state index contributed by atoms with van der Waals surface area (Å²) >= 11 is 0. The molecule has 3 rings (SSSR count). The topological polar surface area (TPSA) is 97.8 Å². The SMILES string of the molecule is COC(=O)c1ccc(CN(S(=O)(=O)c2ccc(C)cc2)S(=O)(=O)c2ccc(C)cc2)cc1. The highest BCUT2D eigenvalue weighted by atomic mass is 32.3. The Morgan fingerprint density at radius 1 is 0.719 bits per heavy atom. The van der Waals surface area contributed by atoms with Crippen molar-refractivity contribution in [3.8, 4) is 0 Å². The Morgan fingerprint density at radius 2 is 1.12 bits per heavy atom. The fourth-order valence-corrected chi connectivity index (χ4v) is 6.59. The molecule has 0 atom stereocenters. The van der Waals surface area contributed by atoms with Crippen LogP contribution in [-0.4, -0.2) is 33.6 Å². The molecule has 3 aromatic carbocycles. The summed E-state index contributed by atoms with van der Waals surface area (Å²) < 4.78 is 58.9. The largest absolute Gasteiger partial charge is 0.465 e. The van der Waals surface area contributed by atoms with E-state index in [4.69, 9.17) is 0 Å². The number of methoxy groups -OCH3 is 1. The van der Waals surface area contributed by atoms with Gasteiger partial charge in [0.15, 0.2) is 0 Å². The molecule has 0 saturated carbocycles. The van der Waals surface area contributed by atoms with Crippen molar-refractivity contribution in [2.45, 2.75) is 30.2 Å². The molecule has 0 heterocycles. The molecule has 0 spiro atoms. The minimum atomic E-state index is -4.41. The Balaban J connectivity index is 2.09. The van der Waals surface area contributed by atoms with Crippen molar-refractivity contribution in [1.29, 1.82) is 0 Å². The molecule has 0 unspecified atom stereocenters. The predicted octanol–water partition coefficient (Wildman–Crippen LogP) is 3.67. The molecular weight excluding hydrogens is 450 g/mol. The smallest absolute Gasteiger partial charge is 0.337 e. The molecular formula is C23H23NO6S2. The summed E-state index contributed by atoms with van der Waals surface area (Å²) in [4.78, 5) is 11.4. The normalized spacial score (nSPS) is 12.0. The maximum Gasteiger partial charge on any atom is 0.337 e. The van der Waals surface area contributed by atoms with Crippen molar-refractivity contribution in [2.75, 3.05) is 7.11 Å². The lowest BCUT2D eigenvalue weighted by atomic mass is 10.1. The van der Waals surface area contributed by atoms with Gasteiger partial charge in [0.2, 0.25) is 0 Å². The first-order chi connectivity index (χ1) is 15.1. The molecule has 0 aliphatic carbocycles. The highest BCUT2D eigenvalue weighted by Gasteiger charge is 2.36. The zero-order valence-electron chi connectivity index (χ0n) is 17.8. The fraction of sp³-hybridized carbons (Fsp3) is 0.174. The molecule has 0 amide bonds. The van der Waals surface area contributed by atoms with Crippen LogP contribution in [0.15, 0.2) is 82.6 Å². The van der Waals surface area contributed by atoms with Crippen LogP contribution in [0.1, 0.15) is 27.0 Å². The Kier molecular flexibility index (Phi) is 6.82. The summed E-state index contributed by atoms with van der Waals surface area (Å²) in [7, 11) is -7.57. The van der Waals surface area contributed by atoms with E-state index in [1.165, 1.54) is 55.6 Å². The van der Waals surface area contributed by atoms with E-state index < -0.39 is 32.6 Å². The zero-order chi connectivity index (χ0) is 23.5. The Bertz CT molecular complexity index is 1240. The third-order valence-electron chi connectivity index (χ3n) is 4.86. The van der Waals surface area contributed by atoms with Crippen LogP contribution >= 0.6 is 0 Å². The summed E-state index contributed by atoms with van der Waals surface area (Å²) in [5.74, 6) is -0.548. The van der Waals surface area contributed by atoms with Crippen LogP contribution in [0, 0.1) is 13.8 Å². The quantitative estimate of drug-likeness (QED) is 0.486. The van der Waals surface area contributed by atoms with Crippen LogP contribution in [0.5, 0.6) is 0 Å². The van der Waals surface area contributed by atoms with E-state index in [0.29, 0.717) is 9.27 Å². The van der Waals surface area contributed by atoms with E-state index in [0.717, 1.165) is 11.1 Å². The molecule has 0 radical (unpaired) electrons. The molecule has 0 aromatic heterocycles. The Hall–Kier alpha value is -3.01. The summed E-state index contributed by atoms with van der Waals surface area (Å²) in [5, 5.41) is 0. The third kappa shape index (κ3) is 4.90. The zero-order valence-corrected chi connectivity index (χ0v) is 19.5. The molecule has 7 nitrogen and oxygen atoms in total. The molecule has 0 fully saturated rings. The predicted molar refractivity (Wildman–Crippen MR) is 120 cm³/mol. The van der Waals surface area contributed by atoms with Gasteiger partial charge in [0.05, 0.1) is 29.0 Å². The van der Waals surface area contributed by atoms with Gasteiger partial charge < -0.3 is 4.74 Å². The summed E-state index contributed by atoms with van der Waals surface area (Å²) in [6, 6.07) is 17.8. The van der Waals surface area contributed by atoms with Gasteiger partial charge in [-0.2, -0.15) is 0 Å². The summed E-state index contributed by atoms with van der Waals surface area (Å²) in [6.45, 7) is 3.17. The van der Waals surface area contributed by atoms with Gasteiger partial charge in [0.25, 0.3) is 20.0 Å². The van der Waals surface area contributed by atoms with Crippen LogP contribution in [0.3, 0.4) is 0 Å². The minimum Gasteiger partial charge on any atom is -0.465 e. The second kappa shape index (κ2) is 9.23. The number of carbonyl (C=O) groups is 1. The molecule has 0 saturated heterocycles. The Labute approximate surface area is 188 Å². The number of hydrogen-bond donors (Lipinski definition) is 0. The number of rotatable bonds is 7. The monoisotopic (exact) mass is 473 g/mol. The number of carbonyl (C=O) groups excluding carboxylic acids is 1. The molecule has 32 heavy (non-hydrogen) atoms. The first kappa shape index (κ1) is 23.6. The van der Waals surface area contributed by atoms with E-state index in [2.05, 4.69) is 4.74 Å². The molecule has 0 aliphatic rings. The number of aryl methyl sites for hydroxylation is 2. The first-order valence-electron chi connectivity index (χ1n) is 9.64. The van der Waals surface area contributed by atoms with Gasteiger partial charge in [-0.3, -0.25) is 0 Å². The molecule has 0 aliphatic heterocycles. The van der Waals surface area contributed by atoms with E-state index >= 15 is 0 Å². The van der Waals surface area contributed by atoms with Crippen LogP contribution in [0.25, 0.3) is 0 Å². The van der Waals surface area contributed by atoms with E-state index in [-0.39, 0.29) is 15.4 Å². The summed E-state index contributed by atoms with van der Waals surface area (Å²) in [6.07, 6.45) is 0. The van der Waals surface area contributed by atoms with Gasteiger partial charge in [-0.25, -0.2) is 21.6 Å². The summed E-state index contributed by atoms with van der Waals surface area (Å²) in [5.41, 5.74) is 2.35. The van der Waals surface area contributed by atoms with Crippen molar-refractivity contribution in [3.05, 3.63) is 95.1 Å². The number of ether oxygens (including phenoxy) is 1. The molecule has 0 N–H and O–H groups in total. The lowest BCUT2D eigenvalue weighted by molar-refractivity contribution is 0.0600. The van der Waals surface area contributed by atoms with Crippen molar-refractivity contribution in [2.24, 2.45) is 0 Å². The van der Waals surface area contributed by atoms with Gasteiger partial charge in [-0.05, 0) is 55.8 Å². The van der Waals surface area contributed by atoms with Crippen LogP contribution < -0.4 is 0 Å². The van der Waals surface area contributed by atoms with Crippen LogP contribution in [0.4, 0.5) is 0 Å². The van der Waals surface area contributed by atoms with Gasteiger partial charge >= 0.3 is 5.97 Å². The third-order valence-corrected chi connectivity index (χ3v) is 9.10. The minimum absolute atomic E-state index is 0.134. The van der Waals surface area contributed by atoms with Gasteiger partial charge in [-0.1, -0.05) is 51.2 Å². The average Bonchev–Trinajstić information content (AvgIpc) is 2.77. The van der Waals surface area contributed by atoms with Crippen LogP contribution in [0.2, 0.25) is 0 Å². The number of esters is 1. The Morgan fingerprint density at radius 3 is 1.50 bits per heavy atom. The van der Waals surface area contributed by atoms with Gasteiger partial charge in [0, 0.05) is 0 Å². The van der Waals surface area contributed by atoms with E-state index in [9.17, 15) is 21.6 Å². The number of benzene rings is 3. The molecule has 9 heteroatoms. The van der Waals surface area contributed by atoms with Gasteiger partial charge in [0.1, 0.15) is 0 Å². The van der Waals surface area contributed by atoms with Crippen molar-refractivity contribution in [3.63, 3.8) is 0 Å².